The number of benzene rings is 1. The van der Waals surface area contributed by atoms with Gasteiger partial charge in [0.25, 0.3) is 0 Å². The van der Waals surface area contributed by atoms with Crippen LogP contribution in [0.3, 0.4) is 0 Å². The van der Waals surface area contributed by atoms with Gasteiger partial charge in [-0.2, -0.15) is 0 Å². The van der Waals surface area contributed by atoms with Gasteiger partial charge < -0.3 is 25.0 Å². The van der Waals surface area contributed by atoms with E-state index < -0.39 is 0 Å². The van der Waals surface area contributed by atoms with Crippen LogP contribution in [0.5, 0.6) is 5.75 Å². The van der Waals surface area contributed by atoms with Crippen molar-refractivity contribution in [2.24, 2.45) is 4.99 Å². The summed E-state index contributed by atoms with van der Waals surface area (Å²) in [5, 5.41) is 6.81. The number of halogens is 1. The molecular weight excluding hydrogens is 521 g/mol. The highest BCUT2D eigenvalue weighted by Gasteiger charge is 2.22. The van der Waals surface area contributed by atoms with E-state index in [1.54, 1.807) is 26.1 Å². The predicted molar refractivity (Wildman–Crippen MR) is 140 cm³/mol. The first-order valence-electron chi connectivity index (χ1n) is 11.0. The second-order valence-corrected chi connectivity index (χ2v) is 8.66. The van der Waals surface area contributed by atoms with Crippen molar-refractivity contribution in [1.82, 2.24) is 20.4 Å². The zero-order valence-electron chi connectivity index (χ0n) is 20.1. The Bertz CT molecular complexity index is 721. The smallest absolute Gasteiger partial charge is 0.243 e. The molecular formula is C23H40IN5O3. The summed E-state index contributed by atoms with van der Waals surface area (Å²) in [7, 11) is 5.16. The average molecular weight is 562 g/mol. The molecule has 1 aromatic carbocycles. The van der Waals surface area contributed by atoms with Gasteiger partial charge in [-0.05, 0) is 30.7 Å². The number of nitrogens with zero attached hydrogens (tertiary/aromatic N) is 3. The molecule has 1 aliphatic rings. The minimum Gasteiger partial charge on any atom is -0.497 e. The maximum absolute atomic E-state index is 12.0. The summed E-state index contributed by atoms with van der Waals surface area (Å²) >= 11 is 0. The normalized spacial score (nSPS) is 15.0. The van der Waals surface area contributed by atoms with E-state index in [1.165, 1.54) is 5.56 Å². The number of likely N-dealkylation sites (N-methyl/N-ethyl adjacent to an activating group) is 1. The van der Waals surface area contributed by atoms with Gasteiger partial charge in [-0.3, -0.25) is 9.69 Å². The lowest BCUT2D eigenvalue weighted by Crippen LogP contribution is -2.45. The maximum atomic E-state index is 12.0. The van der Waals surface area contributed by atoms with Crippen LogP contribution in [0.2, 0.25) is 0 Å². The van der Waals surface area contributed by atoms with Crippen LogP contribution in [-0.2, 0) is 14.9 Å². The molecule has 0 atom stereocenters. The van der Waals surface area contributed by atoms with E-state index in [0.717, 1.165) is 51.6 Å². The van der Waals surface area contributed by atoms with Crippen molar-refractivity contribution in [3.63, 3.8) is 0 Å². The summed E-state index contributed by atoms with van der Waals surface area (Å²) < 4.78 is 10.8. The van der Waals surface area contributed by atoms with Crippen LogP contribution < -0.4 is 15.4 Å². The van der Waals surface area contributed by atoms with E-state index in [2.05, 4.69) is 46.5 Å². The second-order valence-electron chi connectivity index (χ2n) is 8.66. The highest BCUT2D eigenvalue weighted by molar-refractivity contribution is 14.0. The Hall–Kier alpha value is -1.59. The molecule has 2 rings (SSSR count). The topological polar surface area (TPSA) is 78.4 Å². The highest BCUT2D eigenvalue weighted by atomic mass is 127. The Morgan fingerprint density at radius 3 is 2.62 bits per heavy atom. The van der Waals surface area contributed by atoms with Gasteiger partial charge in [0.15, 0.2) is 5.96 Å². The fourth-order valence-electron chi connectivity index (χ4n) is 3.25. The van der Waals surface area contributed by atoms with Crippen LogP contribution in [-0.4, -0.2) is 95.4 Å². The molecule has 0 spiro atoms. The molecule has 1 saturated heterocycles. The summed E-state index contributed by atoms with van der Waals surface area (Å²) in [4.78, 5) is 20.5. The van der Waals surface area contributed by atoms with E-state index in [1.807, 2.05) is 12.1 Å². The first-order valence-corrected chi connectivity index (χ1v) is 11.0. The fraction of sp³-hybridized carbons (Fsp3) is 0.652. The monoisotopic (exact) mass is 561 g/mol. The molecule has 1 heterocycles. The van der Waals surface area contributed by atoms with E-state index in [-0.39, 0.29) is 41.8 Å². The van der Waals surface area contributed by atoms with Gasteiger partial charge in [-0.25, -0.2) is 4.99 Å². The Morgan fingerprint density at radius 2 is 1.97 bits per heavy atom. The molecule has 0 radical (unpaired) electrons. The molecule has 1 aliphatic heterocycles. The van der Waals surface area contributed by atoms with Crippen molar-refractivity contribution < 1.29 is 14.3 Å². The van der Waals surface area contributed by atoms with Crippen molar-refractivity contribution >= 4 is 35.8 Å². The molecule has 0 unspecified atom stereocenters. The molecule has 0 aromatic heterocycles. The third-order valence-corrected chi connectivity index (χ3v) is 5.47. The van der Waals surface area contributed by atoms with Crippen LogP contribution in [0.1, 0.15) is 25.8 Å². The molecule has 8 nitrogen and oxygen atoms in total. The van der Waals surface area contributed by atoms with Crippen molar-refractivity contribution in [3.05, 3.63) is 29.8 Å². The molecule has 0 aliphatic carbocycles. The van der Waals surface area contributed by atoms with Crippen LogP contribution >= 0.6 is 24.0 Å². The number of carbonyl (C=O) groups excluding carboxylic acids is 1. The Morgan fingerprint density at radius 1 is 1.25 bits per heavy atom. The highest BCUT2D eigenvalue weighted by Crippen LogP contribution is 2.25. The Balaban J connectivity index is 0.00000512. The van der Waals surface area contributed by atoms with Gasteiger partial charge in [-0.1, -0.05) is 26.0 Å². The molecule has 0 saturated carbocycles. The van der Waals surface area contributed by atoms with Gasteiger partial charge >= 0.3 is 0 Å². The predicted octanol–water partition coefficient (Wildman–Crippen LogP) is 1.94. The lowest BCUT2D eigenvalue weighted by Gasteiger charge is -2.28. The second kappa shape index (κ2) is 14.5. The molecule has 1 fully saturated rings. The molecule has 2 N–H and O–H groups in total. The number of rotatable bonds is 10. The number of ether oxygens (including phenoxy) is 2. The van der Waals surface area contributed by atoms with Crippen LogP contribution in [0, 0.1) is 0 Å². The molecule has 0 bridgehead atoms. The van der Waals surface area contributed by atoms with Gasteiger partial charge in [0.2, 0.25) is 5.91 Å². The number of morpholine rings is 1. The number of carbonyl (C=O) groups is 1. The van der Waals surface area contributed by atoms with Crippen molar-refractivity contribution in [1.29, 1.82) is 0 Å². The SMILES string of the molecule is COc1cccc(C(C)(C)CNC(=NCC(=O)N(C)C)NCCCN2CCOCC2)c1.I. The van der Waals surface area contributed by atoms with Gasteiger partial charge in [0, 0.05) is 45.7 Å². The van der Waals surface area contributed by atoms with Crippen molar-refractivity contribution in [3.8, 4) is 5.75 Å². The number of nitrogens with one attached hydrogen (secondary N) is 2. The molecule has 9 heteroatoms. The number of aliphatic imine (C=N–C) groups is 1. The van der Waals surface area contributed by atoms with E-state index in [9.17, 15) is 4.79 Å². The standard InChI is InChI=1S/C23H39N5O3.HI/c1-23(2,19-8-6-9-20(16-19)30-5)18-26-22(25-17-21(29)27(3)4)24-10-7-11-28-12-14-31-15-13-28;/h6,8-9,16H,7,10-15,17-18H2,1-5H3,(H2,24,25,26);1H. The van der Waals surface area contributed by atoms with Gasteiger partial charge in [0.1, 0.15) is 12.3 Å². The quantitative estimate of drug-likeness (QED) is 0.197. The first kappa shape index (κ1) is 28.4. The number of hydrogen-bond donors (Lipinski definition) is 2. The third-order valence-electron chi connectivity index (χ3n) is 5.47. The first-order chi connectivity index (χ1) is 14.8. The minimum atomic E-state index is -0.143. The number of methoxy groups -OCH3 is 1. The summed E-state index contributed by atoms with van der Waals surface area (Å²) in [6.07, 6.45) is 1.00. The number of hydrogen-bond acceptors (Lipinski definition) is 5. The summed E-state index contributed by atoms with van der Waals surface area (Å²) in [6.45, 7) is 10.6. The van der Waals surface area contributed by atoms with Crippen LogP contribution in [0.4, 0.5) is 0 Å². The fourth-order valence-corrected chi connectivity index (χ4v) is 3.25. The number of guanidine groups is 1. The van der Waals surface area contributed by atoms with Crippen molar-refractivity contribution in [2.75, 3.05) is 73.7 Å². The zero-order valence-corrected chi connectivity index (χ0v) is 22.5. The average Bonchev–Trinajstić information content (AvgIpc) is 2.78. The molecule has 182 valence electrons. The largest absolute Gasteiger partial charge is 0.497 e. The van der Waals surface area contributed by atoms with Gasteiger partial charge in [0.05, 0.1) is 20.3 Å². The summed E-state index contributed by atoms with van der Waals surface area (Å²) in [6, 6.07) is 8.11. The lowest BCUT2D eigenvalue weighted by molar-refractivity contribution is -0.127. The maximum Gasteiger partial charge on any atom is 0.243 e. The van der Waals surface area contributed by atoms with Crippen LogP contribution in [0.25, 0.3) is 0 Å². The van der Waals surface area contributed by atoms with E-state index in [4.69, 9.17) is 9.47 Å². The summed E-state index contributed by atoms with van der Waals surface area (Å²) in [5.74, 6) is 1.48. The molecule has 1 aromatic rings. The number of amides is 1. The molecule has 1 amide bonds. The molecule has 32 heavy (non-hydrogen) atoms. The van der Waals surface area contributed by atoms with E-state index in [0.29, 0.717) is 12.5 Å². The summed E-state index contributed by atoms with van der Waals surface area (Å²) in [5.41, 5.74) is 1.03. The zero-order chi connectivity index (χ0) is 22.7. The van der Waals surface area contributed by atoms with Crippen molar-refractivity contribution in [2.45, 2.75) is 25.7 Å². The van der Waals surface area contributed by atoms with E-state index >= 15 is 0 Å². The lowest BCUT2D eigenvalue weighted by atomic mass is 9.84. The third kappa shape index (κ3) is 9.91. The van der Waals surface area contributed by atoms with Crippen LogP contribution in [0.15, 0.2) is 29.3 Å². The minimum absolute atomic E-state index is 0. The van der Waals surface area contributed by atoms with Gasteiger partial charge in [-0.15, -0.1) is 24.0 Å². The Labute approximate surface area is 210 Å². The Kier molecular flexibility index (Phi) is 12.9.